The lowest BCUT2D eigenvalue weighted by Crippen LogP contribution is -2.47. The summed E-state index contributed by atoms with van der Waals surface area (Å²) in [5.74, 6) is -2.22. The molecule has 30 heavy (non-hydrogen) atoms. The van der Waals surface area contributed by atoms with E-state index in [1.165, 1.54) is 20.1 Å². The van der Waals surface area contributed by atoms with Crippen molar-refractivity contribution in [1.82, 2.24) is 0 Å². The first-order chi connectivity index (χ1) is 14.2. The second-order valence-electron chi connectivity index (χ2n) is 7.68. The predicted octanol–water partition coefficient (Wildman–Crippen LogP) is 1.73. The van der Waals surface area contributed by atoms with Crippen LogP contribution in [-0.2, 0) is 28.6 Å². The molecule has 8 nitrogen and oxygen atoms in total. The normalized spacial score (nSPS) is 34.1. The summed E-state index contributed by atoms with van der Waals surface area (Å²) in [4.78, 5) is 36.4. The predicted molar refractivity (Wildman–Crippen MR) is 109 cm³/mol. The van der Waals surface area contributed by atoms with E-state index >= 15 is 0 Å². The molecule has 0 aromatic rings. The van der Waals surface area contributed by atoms with E-state index in [4.69, 9.17) is 14.2 Å². The zero-order valence-corrected chi connectivity index (χ0v) is 18.2. The quantitative estimate of drug-likeness (QED) is 0.652. The molecule has 6 atom stereocenters. The summed E-state index contributed by atoms with van der Waals surface area (Å²) in [6.07, 6.45) is 3.57. The molecule has 1 aliphatic heterocycles. The molecule has 1 heterocycles. The summed E-state index contributed by atoms with van der Waals surface area (Å²) in [5, 5.41) is 20.4. The summed E-state index contributed by atoms with van der Waals surface area (Å²) < 4.78 is 16.0. The van der Waals surface area contributed by atoms with Crippen molar-refractivity contribution >= 4 is 17.7 Å². The zero-order valence-electron chi connectivity index (χ0n) is 18.2. The van der Waals surface area contributed by atoms with Gasteiger partial charge in [-0.05, 0) is 31.8 Å². The van der Waals surface area contributed by atoms with E-state index in [-0.39, 0.29) is 25.2 Å². The molecule has 1 rings (SSSR count). The van der Waals surface area contributed by atoms with Gasteiger partial charge in [-0.25, -0.2) is 0 Å². The molecule has 0 saturated heterocycles. The van der Waals surface area contributed by atoms with Crippen LogP contribution in [0.5, 0.6) is 0 Å². The Bertz CT molecular complexity index is 627. The number of ether oxygens (including phenoxy) is 3. The van der Waals surface area contributed by atoms with Crippen molar-refractivity contribution in [2.24, 2.45) is 11.8 Å². The molecule has 0 saturated carbocycles. The molecule has 1 aliphatic rings. The van der Waals surface area contributed by atoms with Crippen molar-refractivity contribution in [3.63, 3.8) is 0 Å². The molecule has 0 bridgehead atoms. The summed E-state index contributed by atoms with van der Waals surface area (Å²) >= 11 is 0. The average Bonchev–Trinajstić information content (AvgIpc) is 2.66. The van der Waals surface area contributed by atoms with Crippen LogP contribution >= 0.6 is 0 Å². The SMILES string of the molecule is CO[C@@H]1[C@@H](O)[C@@H](CCO)C[C@@H](C)C(=O)/C=C/C=C/C[C@@H](C)OC(=O)C[C@H]1OC(C)=O. The summed E-state index contributed by atoms with van der Waals surface area (Å²) in [6, 6.07) is 0. The second-order valence-corrected chi connectivity index (χ2v) is 7.68. The largest absolute Gasteiger partial charge is 0.462 e. The molecule has 8 heteroatoms. The number of aliphatic hydroxyl groups is 2. The van der Waals surface area contributed by atoms with Gasteiger partial charge in [0, 0.05) is 33.0 Å². The van der Waals surface area contributed by atoms with Crippen LogP contribution in [-0.4, -0.2) is 66.1 Å². The Balaban J connectivity index is 3.24. The monoisotopic (exact) mass is 426 g/mol. The van der Waals surface area contributed by atoms with E-state index in [0.29, 0.717) is 12.8 Å². The van der Waals surface area contributed by atoms with Crippen LogP contribution in [0.3, 0.4) is 0 Å². The third-order valence-corrected chi connectivity index (χ3v) is 5.09. The number of carbonyl (C=O) groups is 3. The minimum absolute atomic E-state index is 0.105. The fourth-order valence-electron chi connectivity index (χ4n) is 3.53. The number of rotatable bonds is 4. The molecule has 0 fully saturated rings. The van der Waals surface area contributed by atoms with E-state index in [1.54, 1.807) is 32.1 Å². The van der Waals surface area contributed by atoms with Crippen molar-refractivity contribution in [2.45, 2.75) is 70.9 Å². The van der Waals surface area contributed by atoms with E-state index < -0.39 is 48.2 Å². The average molecular weight is 427 g/mol. The molecule has 170 valence electrons. The maximum Gasteiger partial charge on any atom is 0.309 e. The molecule has 0 spiro atoms. The van der Waals surface area contributed by atoms with Crippen LogP contribution in [0, 0.1) is 11.8 Å². The molecule has 0 amide bonds. The van der Waals surface area contributed by atoms with Crippen LogP contribution in [0.2, 0.25) is 0 Å². The van der Waals surface area contributed by atoms with Crippen molar-refractivity contribution in [2.75, 3.05) is 13.7 Å². The van der Waals surface area contributed by atoms with Gasteiger partial charge in [0.2, 0.25) is 0 Å². The van der Waals surface area contributed by atoms with Crippen molar-refractivity contribution in [1.29, 1.82) is 0 Å². The van der Waals surface area contributed by atoms with Gasteiger partial charge in [0.25, 0.3) is 0 Å². The second kappa shape index (κ2) is 13.3. The van der Waals surface area contributed by atoms with Crippen molar-refractivity contribution < 1.29 is 38.8 Å². The molecule has 0 aromatic carbocycles. The summed E-state index contributed by atoms with van der Waals surface area (Å²) in [5.41, 5.74) is 0. The number of esters is 2. The van der Waals surface area contributed by atoms with Gasteiger partial charge < -0.3 is 24.4 Å². The van der Waals surface area contributed by atoms with Crippen molar-refractivity contribution in [3.8, 4) is 0 Å². The van der Waals surface area contributed by atoms with Crippen LogP contribution in [0.4, 0.5) is 0 Å². The molecule has 0 aliphatic carbocycles. The summed E-state index contributed by atoms with van der Waals surface area (Å²) in [6.45, 7) is 4.48. The van der Waals surface area contributed by atoms with Gasteiger partial charge in [-0.15, -0.1) is 0 Å². The molecule has 0 aromatic heterocycles. The first-order valence-corrected chi connectivity index (χ1v) is 10.2. The van der Waals surface area contributed by atoms with E-state index in [1.807, 2.05) is 0 Å². The number of allylic oxidation sites excluding steroid dienone is 3. The highest BCUT2D eigenvalue weighted by molar-refractivity contribution is 5.91. The fraction of sp³-hybridized carbons (Fsp3) is 0.682. The number of aliphatic hydroxyl groups excluding tert-OH is 2. The minimum Gasteiger partial charge on any atom is -0.462 e. The van der Waals surface area contributed by atoms with E-state index in [0.717, 1.165) is 0 Å². The van der Waals surface area contributed by atoms with Gasteiger partial charge in [0.05, 0.1) is 12.5 Å². The lowest BCUT2D eigenvalue weighted by Gasteiger charge is -2.34. The molecular formula is C22H34O8. The van der Waals surface area contributed by atoms with Crippen LogP contribution in [0.15, 0.2) is 24.3 Å². The fourth-order valence-corrected chi connectivity index (χ4v) is 3.53. The van der Waals surface area contributed by atoms with Gasteiger partial charge in [0.1, 0.15) is 18.3 Å². The van der Waals surface area contributed by atoms with Gasteiger partial charge in [-0.3, -0.25) is 14.4 Å². The van der Waals surface area contributed by atoms with Gasteiger partial charge in [0.15, 0.2) is 5.78 Å². The number of carbonyl (C=O) groups excluding carboxylic acids is 3. The Morgan fingerprint density at radius 2 is 1.97 bits per heavy atom. The molecule has 0 radical (unpaired) electrons. The number of cyclic esters (lactones) is 1. The number of hydrogen-bond donors (Lipinski definition) is 2. The molecule has 2 N–H and O–H groups in total. The number of ketones is 1. The topological polar surface area (TPSA) is 119 Å². The Hall–Kier alpha value is -2.03. The van der Waals surface area contributed by atoms with Crippen molar-refractivity contribution in [3.05, 3.63) is 24.3 Å². The Morgan fingerprint density at radius 1 is 1.27 bits per heavy atom. The van der Waals surface area contributed by atoms with Crippen LogP contribution in [0.1, 0.15) is 46.5 Å². The first kappa shape index (κ1) is 26.0. The third-order valence-electron chi connectivity index (χ3n) is 5.09. The van der Waals surface area contributed by atoms with E-state index in [9.17, 15) is 24.6 Å². The Morgan fingerprint density at radius 3 is 2.57 bits per heavy atom. The Labute approximate surface area is 177 Å². The smallest absolute Gasteiger partial charge is 0.309 e. The van der Waals surface area contributed by atoms with Gasteiger partial charge in [-0.2, -0.15) is 0 Å². The maximum absolute atomic E-state index is 12.4. The highest BCUT2D eigenvalue weighted by Crippen LogP contribution is 2.27. The van der Waals surface area contributed by atoms with Gasteiger partial charge in [-0.1, -0.05) is 25.2 Å². The maximum atomic E-state index is 12.4. The van der Waals surface area contributed by atoms with E-state index in [2.05, 4.69) is 0 Å². The van der Waals surface area contributed by atoms with Gasteiger partial charge >= 0.3 is 11.9 Å². The number of methoxy groups -OCH3 is 1. The Kier molecular flexibility index (Phi) is 11.5. The zero-order chi connectivity index (χ0) is 22.7. The lowest BCUT2D eigenvalue weighted by atomic mass is 9.83. The highest BCUT2D eigenvalue weighted by atomic mass is 16.6. The minimum atomic E-state index is -1.18. The molecular weight excluding hydrogens is 392 g/mol. The standard InChI is InChI=1S/C22H34O8/c1-14-12-17(10-11-23)21(27)22(28-4)19(30-16(3)24)13-20(26)29-15(2)8-6-5-7-9-18(14)25/h5-7,9,14-15,17,19,21-23,27H,8,10-13H2,1-4H3/b6-5+,9-7+/t14-,15-,17+,19-,21+,22+/m1/s1. The van der Waals surface area contributed by atoms with Crippen LogP contribution < -0.4 is 0 Å². The third kappa shape index (κ3) is 8.77. The lowest BCUT2D eigenvalue weighted by molar-refractivity contribution is -0.171. The molecule has 0 unspecified atom stereocenters. The summed E-state index contributed by atoms with van der Waals surface area (Å²) in [7, 11) is 1.34. The van der Waals surface area contributed by atoms with Crippen LogP contribution in [0.25, 0.3) is 0 Å². The highest BCUT2D eigenvalue weighted by Gasteiger charge is 2.38. The first-order valence-electron chi connectivity index (χ1n) is 10.2. The number of hydrogen-bond acceptors (Lipinski definition) is 8.